The molecule has 0 heterocycles. The monoisotopic (exact) mass is 429 g/mol. The van der Waals surface area contributed by atoms with E-state index in [0.29, 0.717) is 17.9 Å². The summed E-state index contributed by atoms with van der Waals surface area (Å²) in [7, 11) is 0. The third kappa shape index (κ3) is 5.04. The van der Waals surface area contributed by atoms with E-state index in [9.17, 15) is 20.3 Å². The molecule has 172 valence electrons. The zero-order valence-electron chi connectivity index (χ0n) is 19.7. The quantitative estimate of drug-likeness (QED) is 0.421. The normalized spacial score (nSPS) is 34.8. The summed E-state index contributed by atoms with van der Waals surface area (Å²) in [4.78, 5) is 10.6. The maximum Gasteiger partial charge on any atom is 0.270 e. The first-order valence-corrected chi connectivity index (χ1v) is 11.7. The van der Waals surface area contributed by atoms with Crippen molar-refractivity contribution in [2.45, 2.75) is 90.8 Å². The van der Waals surface area contributed by atoms with Crippen LogP contribution in [0.5, 0.6) is 0 Å². The summed E-state index contributed by atoms with van der Waals surface area (Å²) in [5.41, 5.74) is -0.679. The van der Waals surface area contributed by atoms with E-state index in [1.165, 1.54) is 25.0 Å². The minimum atomic E-state index is -1.05. The summed E-state index contributed by atoms with van der Waals surface area (Å²) in [6.45, 7) is 10.9. The molecule has 5 atom stereocenters. The number of fused-ring (bicyclic) bond motifs is 1. The highest BCUT2D eigenvalue weighted by Gasteiger charge is 2.57. The number of non-ortho nitro benzene ring substituents is 1. The molecule has 0 spiro atoms. The van der Waals surface area contributed by atoms with Crippen LogP contribution >= 0.6 is 0 Å². The molecule has 2 saturated carbocycles. The van der Waals surface area contributed by atoms with Crippen LogP contribution in [0.15, 0.2) is 30.3 Å². The zero-order chi connectivity index (χ0) is 23.1. The van der Waals surface area contributed by atoms with Gasteiger partial charge in [-0.2, -0.15) is 0 Å². The average Bonchev–Trinajstić information content (AvgIpc) is 2.65. The van der Waals surface area contributed by atoms with Crippen molar-refractivity contribution in [3.05, 3.63) is 46.0 Å². The SMILES string of the molecule is CC1(C)CCC[C@]2(C)[C@@H](CC[C@@](C)(O)/C=C/c3cccc([N+](=O)[O-])c3)[C@](C)(O)CC[C@@H]12. The Morgan fingerprint density at radius 2 is 1.94 bits per heavy atom. The van der Waals surface area contributed by atoms with E-state index in [2.05, 4.69) is 20.8 Å². The molecule has 31 heavy (non-hydrogen) atoms. The maximum atomic E-state index is 11.3. The van der Waals surface area contributed by atoms with Crippen molar-refractivity contribution in [3.63, 3.8) is 0 Å². The maximum absolute atomic E-state index is 11.3. The number of aliphatic hydroxyl groups is 2. The number of nitro groups is 1. The number of hydrogen-bond donors (Lipinski definition) is 2. The fourth-order valence-corrected chi connectivity index (χ4v) is 6.80. The molecule has 2 fully saturated rings. The first kappa shape index (κ1) is 23.9. The Morgan fingerprint density at radius 3 is 2.61 bits per heavy atom. The van der Waals surface area contributed by atoms with Crippen LogP contribution in [0.1, 0.15) is 85.1 Å². The lowest BCUT2D eigenvalue weighted by atomic mass is 9.45. The summed E-state index contributed by atoms with van der Waals surface area (Å²) < 4.78 is 0. The van der Waals surface area contributed by atoms with E-state index in [0.717, 1.165) is 25.7 Å². The predicted molar refractivity (Wildman–Crippen MR) is 125 cm³/mol. The number of hydrogen-bond acceptors (Lipinski definition) is 4. The van der Waals surface area contributed by atoms with Crippen molar-refractivity contribution in [1.82, 2.24) is 0 Å². The second-order valence-corrected chi connectivity index (χ2v) is 11.4. The Labute approximate surface area is 186 Å². The Morgan fingerprint density at radius 1 is 1.23 bits per heavy atom. The van der Waals surface area contributed by atoms with Gasteiger partial charge >= 0.3 is 0 Å². The summed E-state index contributed by atoms with van der Waals surface area (Å²) in [6, 6.07) is 6.41. The largest absolute Gasteiger partial charge is 0.390 e. The third-order valence-corrected chi connectivity index (χ3v) is 8.42. The predicted octanol–water partition coefficient (Wildman–Crippen LogP) is 6.13. The molecule has 5 nitrogen and oxygen atoms in total. The Hall–Kier alpha value is -1.72. The molecule has 3 rings (SSSR count). The second kappa shape index (κ2) is 8.32. The van der Waals surface area contributed by atoms with E-state index >= 15 is 0 Å². The van der Waals surface area contributed by atoms with E-state index in [1.54, 1.807) is 31.2 Å². The Balaban J connectivity index is 1.75. The molecule has 0 bridgehead atoms. The van der Waals surface area contributed by atoms with Crippen LogP contribution in [0.2, 0.25) is 0 Å². The van der Waals surface area contributed by atoms with Gasteiger partial charge < -0.3 is 10.2 Å². The van der Waals surface area contributed by atoms with Gasteiger partial charge in [0.2, 0.25) is 0 Å². The summed E-state index contributed by atoms with van der Waals surface area (Å²) in [5.74, 6) is 0.723. The lowest BCUT2D eigenvalue weighted by Gasteiger charge is -2.61. The number of benzene rings is 1. The topological polar surface area (TPSA) is 83.6 Å². The summed E-state index contributed by atoms with van der Waals surface area (Å²) in [6.07, 6.45) is 10.2. The van der Waals surface area contributed by atoms with E-state index in [1.807, 2.05) is 6.92 Å². The molecular weight excluding hydrogens is 390 g/mol. The lowest BCUT2D eigenvalue weighted by molar-refractivity contribution is -0.384. The van der Waals surface area contributed by atoms with Crippen LogP contribution in [-0.2, 0) is 0 Å². The van der Waals surface area contributed by atoms with Crippen molar-refractivity contribution in [3.8, 4) is 0 Å². The first-order valence-electron chi connectivity index (χ1n) is 11.7. The van der Waals surface area contributed by atoms with Gasteiger partial charge in [0.05, 0.1) is 16.1 Å². The van der Waals surface area contributed by atoms with Crippen LogP contribution in [0.3, 0.4) is 0 Å². The summed E-state index contributed by atoms with van der Waals surface area (Å²) in [5, 5.41) is 33.4. The number of rotatable bonds is 6. The van der Waals surface area contributed by atoms with Crippen LogP contribution in [0, 0.1) is 32.8 Å². The van der Waals surface area contributed by atoms with E-state index < -0.39 is 16.1 Å². The molecule has 0 aromatic heterocycles. The van der Waals surface area contributed by atoms with Gasteiger partial charge in [-0.25, -0.2) is 0 Å². The molecule has 0 unspecified atom stereocenters. The van der Waals surface area contributed by atoms with Crippen molar-refractivity contribution >= 4 is 11.8 Å². The zero-order valence-corrected chi connectivity index (χ0v) is 19.7. The number of nitrogens with zero attached hydrogens (tertiary/aromatic N) is 1. The smallest absolute Gasteiger partial charge is 0.270 e. The molecule has 5 heteroatoms. The molecule has 2 aliphatic rings. The van der Waals surface area contributed by atoms with Crippen molar-refractivity contribution in [2.24, 2.45) is 22.7 Å². The fraction of sp³-hybridized carbons (Fsp3) is 0.692. The van der Waals surface area contributed by atoms with Crippen molar-refractivity contribution < 1.29 is 15.1 Å². The van der Waals surface area contributed by atoms with Crippen LogP contribution in [-0.4, -0.2) is 26.3 Å². The standard InChI is InChI=1S/C26H39NO4/c1-23(2)13-7-14-25(4)21(23)12-17-26(5,29)22(25)11-16-24(3,28)15-10-19-8-6-9-20(18-19)27(30)31/h6,8-10,15,18,21-22,28-29H,7,11-14,16-17H2,1-5H3/b15-10+/t21-,22+,24-,25-,26+/m0/s1. The highest BCUT2D eigenvalue weighted by Crippen LogP contribution is 2.63. The Kier molecular flexibility index (Phi) is 6.43. The van der Waals surface area contributed by atoms with Crippen LogP contribution < -0.4 is 0 Å². The molecule has 0 amide bonds. The van der Waals surface area contributed by atoms with Gasteiger partial charge in [-0.15, -0.1) is 0 Å². The number of nitro benzene ring substituents is 1. The first-order chi connectivity index (χ1) is 14.3. The molecule has 0 radical (unpaired) electrons. The van der Waals surface area contributed by atoms with Gasteiger partial charge in [-0.1, -0.05) is 51.5 Å². The van der Waals surface area contributed by atoms with E-state index in [-0.39, 0.29) is 22.4 Å². The molecule has 1 aromatic rings. The van der Waals surface area contributed by atoms with Gasteiger partial charge in [0.15, 0.2) is 0 Å². The molecule has 1 aromatic carbocycles. The third-order valence-electron chi connectivity index (χ3n) is 8.42. The second-order valence-electron chi connectivity index (χ2n) is 11.4. The molecule has 0 saturated heterocycles. The van der Waals surface area contributed by atoms with Gasteiger partial charge in [-0.05, 0) is 80.6 Å². The van der Waals surface area contributed by atoms with Gasteiger partial charge in [0.1, 0.15) is 0 Å². The molecule has 0 aliphatic heterocycles. The molecule has 2 aliphatic carbocycles. The van der Waals surface area contributed by atoms with Crippen LogP contribution in [0.4, 0.5) is 5.69 Å². The molecule has 2 N–H and O–H groups in total. The van der Waals surface area contributed by atoms with Crippen LogP contribution in [0.25, 0.3) is 6.08 Å². The van der Waals surface area contributed by atoms with Gasteiger partial charge in [0.25, 0.3) is 5.69 Å². The highest BCUT2D eigenvalue weighted by molar-refractivity contribution is 5.54. The minimum Gasteiger partial charge on any atom is -0.390 e. The highest BCUT2D eigenvalue weighted by atomic mass is 16.6. The van der Waals surface area contributed by atoms with Crippen molar-refractivity contribution in [1.29, 1.82) is 0 Å². The van der Waals surface area contributed by atoms with Crippen molar-refractivity contribution in [2.75, 3.05) is 0 Å². The average molecular weight is 430 g/mol. The van der Waals surface area contributed by atoms with Gasteiger partial charge in [-0.3, -0.25) is 10.1 Å². The lowest BCUT2D eigenvalue weighted by Crippen LogP contribution is -2.57. The Bertz CT molecular complexity index is 842. The molecular formula is C26H39NO4. The van der Waals surface area contributed by atoms with Gasteiger partial charge in [0, 0.05) is 12.1 Å². The fourth-order valence-electron chi connectivity index (χ4n) is 6.80. The summed E-state index contributed by atoms with van der Waals surface area (Å²) >= 11 is 0. The van der Waals surface area contributed by atoms with E-state index in [4.69, 9.17) is 0 Å². The minimum absolute atomic E-state index is 0.0407.